The van der Waals surface area contributed by atoms with Crippen LogP contribution in [-0.2, 0) is 16.1 Å². The first kappa shape index (κ1) is 22.0. The number of likely N-dealkylation sites (tertiary alicyclic amines) is 1. The highest BCUT2D eigenvalue weighted by molar-refractivity contribution is 6.04. The summed E-state index contributed by atoms with van der Waals surface area (Å²) < 4.78 is 4.97. The normalized spacial score (nSPS) is 16.8. The fraction of sp³-hybridized carbons (Fsp3) is 0.417. The molecule has 30 heavy (non-hydrogen) atoms. The number of carbonyl (C=O) groups excluding carboxylic acids is 2. The maximum atomic E-state index is 13.0. The van der Waals surface area contributed by atoms with Gasteiger partial charge in [-0.15, -0.1) is 0 Å². The number of hydrogen-bond donors (Lipinski definition) is 2. The molecule has 160 valence electrons. The second kappa shape index (κ2) is 10.9. The molecule has 0 bridgehead atoms. The summed E-state index contributed by atoms with van der Waals surface area (Å²) in [6.07, 6.45) is 1.85. The molecule has 2 aromatic carbocycles. The fourth-order valence-electron chi connectivity index (χ4n) is 3.83. The molecule has 0 aliphatic carbocycles. The van der Waals surface area contributed by atoms with E-state index in [1.807, 2.05) is 12.1 Å². The summed E-state index contributed by atoms with van der Waals surface area (Å²) in [5.74, 6) is -0.332. The van der Waals surface area contributed by atoms with Crippen molar-refractivity contribution < 1.29 is 14.3 Å². The topological polar surface area (TPSA) is 70.7 Å². The molecule has 2 N–H and O–H groups in total. The third-order valence-corrected chi connectivity index (χ3v) is 5.55. The lowest BCUT2D eigenvalue weighted by Gasteiger charge is -2.32. The number of rotatable bonds is 8. The first-order valence-corrected chi connectivity index (χ1v) is 10.5. The van der Waals surface area contributed by atoms with Crippen molar-refractivity contribution >= 4 is 17.5 Å². The standard InChI is InChI=1S/C24H31N3O3/c1-18-8-3-4-9-19(18)16-27-14-7-10-20(17-27)23(28)26-22-12-6-5-11-21(22)24(29)25-13-15-30-2/h3-6,8-9,11-12,20H,7,10,13-17H2,1-2H3,(H,25,29)(H,26,28). The minimum absolute atomic E-state index is 0.0263. The Morgan fingerprint density at radius 1 is 1.13 bits per heavy atom. The number of methoxy groups -OCH3 is 1. The number of hydrogen-bond acceptors (Lipinski definition) is 4. The third kappa shape index (κ3) is 5.90. The Morgan fingerprint density at radius 2 is 1.90 bits per heavy atom. The summed E-state index contributed by atoms with van der Waals surface area (Å²) in [6, 6.07) is 15.5. The number of nitrogens with zero attached hydrogens (tertiary/aromatic N) is 1. The molecule has 6 heteroatoms. The molecule has 6 nitrogen and oxygen atoms in total. The molecular weight excluding hydrogens is 378 g/mol. The minimum Gasteiger partial charge on any atom is -0.383 e. The predicted molar refractivity (Wildman–Crippen MR) is 118 cm³/mol. The van der Waals surface area contributed by atoms with E-state index in [9.17, 15) is 9.59 Å². The molecule has 0 saturated carbocycles. The Balaban J connectivity index is 1.62. The van der Waals surface area contributed by atoms with Crippen molar-refractivity contribution in [2.45, 2.75) is 26.3 Å². The van der Waals surface area contributed by atoms with E-state index in [4.69, 9.17) is 4.74 Å². The van der Waals surface area contributed by atoms with Crippen molar-refractivity contribution in [3.63, 3.8) is 0 Å². The van der Waals surface area contributed by atoms with Gasteiger partial charge in [-0.05, 0) is 49.6 Å². The average Bonchev–Trinajstić information content (AvgIpc) is 2.76. The van der Waals surface area contributed by atoms with Crippen LogP contribution in [-0.4, -0.2) is 50.1 Å². The van der Waals surface area contributed by atoms with Gasteiger partial charge in [0.2, 0.25) is 5.91 Å². The number of aryl methyl sites for hydroxylation is 1. The molecule has 0 aromatic heterocycles. The molecule has 1 unspecified atom stereocenters. The molecule has 2 aromatic rings. The van der Waals surface area contributed by atoms with Crippen molar-refractivity contribution in [3.05, 3.63) is 65.2 Å². The summed E-state index contributed by atoms with van der Waals surface area (Å²) in [7, 11) is 1.59. The maximum absolute atomic E-state index is 13.0. The zero-order valence-corrected chi connectivity index (χ0v) is 17.8. The monoisotopic (exact) mass is 409 g/mol. The number of ether oxygens (including phenoxy) is 1. The van der Waals surface area contributed by atoms with Crippen LogP contribution in [0.2, 0.25) is 0 Å². The van der Waals surface area contributed by atoms with E-state index in [-0.39, 0.29) is 17.7 Å². The smallest absolute Gasteiger partial charge is 0.253 e. The van der Waals surface area contributed by atoms with Gasteiger partial charge in [-0.1, -0.05) is 36.4 Å². The van der Waals surface area contributed by atoms with Crippen LogP contribution in [0.15, 0.2) is 48.5 Å². The minimum atomic E-state index is -0.215. The quantitative estimate of drug-likeness (QED) is 0.657. The Kier molecular flexibility index (Phi) is 7.99. The van der Waals surface area contributed by atoms with E-state index >= 15 is 0 Å². The number of carbonyl (C=O) groups is 2. The van der Waals surface area contributed by atoms with E-state index in [0.29, 0.717) is 24.4 Å². The van der Waals surface area contributed by atoms with Crippen LogP contribution in [0.5, 0.6) is 0 Å². The number of amides is 2. The Morgan fingerprint density at radius 3 is 2.70 bits per heavy atom. The molecule has 1 aliphatic heterocycles. The number of para-hydroxylation sites is 1. The van der Waals surface area contributed by atoms with Gasteiger partial charge < -0.3 is 15.4 Å². The molecule has 1 atom stereocenters. The van der Waals surface area contributed by atoms with E-state index < -0.39 is 0 Å². The molecule has 3 rings (SSSR count). The first-order valence-electron chi connectivity index (χ1n) is 10.5. The van der Waals surface area contributed by atoms with Gasteiger partial charge in [0.15, 0.2) is 0 Å². The van der Waals surface area contributed by atoms with Crippen molar-refractivity contribution in [1.82, 2.24) is 10.2 Å². The highest BCUT2D eigenvalue weighted by Gasteiger charge is 2.27. The number of piperidine rings is 1. The molecule has 1 saturated heterocycles. The van der Waals surface area contributed by atoms with E-state index in [1.54, 1.807) is 25.3 Å². The average molecular weight is 410 g/mol. The molecule has 0 radical (unpaired) electrons. The van der Waals surface area contributed by atoms with Gasteiger partial charge in [-0.25, -0.2) is 0 Å². The molecule has 2 amide bonds. The highest BCUT2D eigenvalue weighted by Crippen LogP contribution is 2.23. The lowest BCUT2D eigenvalue weighted by atomic mass is 9.96. The summed E-state index contributed by atoms with van der Waals surface area (Å²) >= 11 is 0. The fourth-order valence-corrected chi connectivity index (χ4v) is 3.83. The van der Waals surface area contributed by atoms with Crippen LogP contribution in [0, 0.1) is 12.8 Å². The summed E-state index contributed by atoms with van der Waals surface area (Å²) in [6.45, 7) is 5.57. The predicted octanol–water partition coefficient (Wildman–Crippen LogP) is 3.22. The van der Waals surface area contributed by atoms with Crippen molar-refractivity contribution in [2.75, 3.05) is 38.7 Å². The second-order valence-corrected chi connectivity index (χ2v) is 7.78. The van der Waals surface area contributed by atoms with Crippen LogP contribution in [0.1, 0.15) is 34.3 Å². The number of nitrogens with one attached hydrogen (secondary N) is 2. The van der Waals surface area contributed by atoms with E-state index in [2.05, 4.69) is 40.7 Å². The molecule has 1 fully saturated rings. The number of anilines is 1. The van der Waals surface area contributed by atoms with E-state index in [1.165, 1.54) is 11.1 Å². The summed E-state index contributed by atoms with van der Waals surface area (Å²) in [5.41, 5.74) is 3.59. The summed E-state index contributed by atoms with van der Waals surface area (Å²) in [5, 5.41) is 5.80. The first-order chi connectivity index (χ1) is 14.6. The highest BCUT2D eigenvalue weighted by atomic mass is 16.5. The summed E-state index contributed by atoms with van der Waals surface area (Å²) in [4.78, 5) is 27.8. The Hall–Kier alpha value is -2.70. The molecule has 1 aliphatic rings. The third-order valence-electron chi connectivity index (χ3n) is 5.55. The molecule has 0 spiro atoms. The van der Waals surface area contributed by atoms with Gasteiger partial charge in [0, 0.05) is 26.7 Å². The van der Waals surface area contributed by atoms with Crippen LogP contribution >= 0.6 is 0 Å². The zero-order valence-electron chi connectivity index (χ0n) is 17.8. The lowest BCUT2D eigenvalue weighted by Crippen LogP contribution is -2.40. The van der Waals surface area contributed by atoms with Gasteiger partial charge >= 0.3 is 0 Å². The van der Waals surface area contributed by atoms with Crippen LogP contribution in [0.25, 0.3) is 0 Å². The Labute approximate surface area is 178 Å². The van der Waals surface area contributed by atoms with Gasteiger partial charge in [0.25, 0.3) is 5.91 Å². The van der Waals surface area contributed by atoms with Gasteiger partial charge in [-0.2, -0.15) is 0 Å². The molecular formula is C24H31N3O3. The van der Waals surface area contributed by atoms with Gasteiger partial charge in [-0.3, -0.25) is 14.5 Å². The SMILES string of the molecule is COCCNC(=O)c1ccccc1NC(=O)C1CCCN(Cc2ccccc2C)C1. The van der Waals surface area contributed by atoms with Crippen molar-refractivity contribution in [3.8, 4) is 0 Å². The largest absolute Gasteiger partial charge is 0.383 e. The van der Waals surface area contributed by atoms with Crippen LogP contribution < -0.4 is 10.6 Å². The van der Waals surface area contributed by atoms with Gasteiger partial charge in [0.1, 0.15) is 0 Å². The van der Waals surface area contributed by atoms with E-state index in [0.717, 1.165) is 32.5 Å². The van der Waals surface area contributed by atoms with Crippen LogP contribution in [0.4, 0.5) is 5.69 Å². The lowest BCUT2D eigenvalue weighted by molar-refractivity contribution is -0.121. The van der Waals surface area contributed by atoms with Gasteiger partial charge in [0.05, 0.1) is 23.8 Å². The van der Waals surface area contributed by atoms with Crippen molar-refractivity contribution in [1.29, 1.82) is 0 Å². The second-order valence-electron chi connectivity index (χ2n) is 7.78. The zero-order chi connectivity index (χ0) is 21.3. The Bertz CT molecular complexity index is 868. The van der Waals surface area contributed by atoms with Crippen molar-refractivity contribution in [2.24, 2.45) is 5.92 Å². The maximum Gasteiger partial charge on any atom is 0.253 e. The van der Waals surface area contributed by atoms with Crippen LogP contribution in [0.3, 0.4) is 0 Å². The number of benzene rings is 2. The molecule has 1 heterocycles.